The number of aliphatic imine (C=N–C) groups is 2. The van der Waals surface area contributed by atoms with E-state index in [1.54, 1.807) is 7.05 Å². The second kappa shape index (κ2) is 6.84. The highest BCUT2D eigenvalue weighted by molar-refractivity contribution is 6.03. The van der Waals surface area contributed by atoms with Gasteiger partial charge in [-0.1, -0.05) is 20.3 Å². The maximum absolute atomic E-state index is 5.88. The van der Waals surface area contributed by atoms with Crippen LogP contribution in [0.5, 0.6) is 0 Å². The van der Waals surface area contributed by atoms with Gasteiger partial charge >= 0.3 is 0 Å². The van der Waals surface area contributed by atoms with Crippen molar-refractivity contribution >= 4 is 17.7 Å². The van der Waals surface area contributed by atoms with Gasteiger partial charge in [0.05, 0.1) is 0 Å². The molecule has 1 aromatic rings. The summed E-state index contributed by atoms with van der Waals surface area (Å²) in [6.45, 7) is 4.23. The van der Waals surface area contributed by atoms with Gasteiger partial charge in [-0.25, -0.2) is 4.99 Å². The molecule has 0 heterocycles. The molecule has 0 saturated heterocycles. The minimum Gasteiger partial charge on any atom is -0.399 e. The predicted molar refractivity (Wildman–Crippen MR) is 76.1 cm³/mol. The fourth-order valence-electron chi connectivity index (χ4n) is 1.59. The van der Waals surface area contributed by atoms with Crippen LogP contribution in [-0.2, 0) is 6.42 Å². The van der Waals surface area contributed by atoms with Gasteiger partial charge in [-0.15, -0.1) is 0 Å². The Morgan fingerprint density at radius 3 is 2.71 bits per heavy atom. The van der Waals surface area contributed by atoms with E-state index >= 15 is 0 Å². The van der Waals surface area contributed by atoms with Crippen LogP contribution < -0.4 is 5.73 Å². The number of hydrogen-bond donors (Lipinski definition) is 1. The number of aryl methyl sites for hydroxylation is 1. The topological polar surface area (TPSA) is 50.7 Å². The quantitative estimate of drug-likeness (QED) is 0.483. The standard InChI is InChI=1S/C14H21N3/c1-4-6-9-17-14(16-3)12-7-8-13(15)11(5-2)10-12/h7-10H,4-6,15H2,1-3H3. The number of nitrogens with two attached hydrogens (primary N) is 1. The van der Waals surface area contributed by atoms with Crippen molar-refractivity contribution in [2.75, 3.05) is 12.8 Å². The molecular formula is C14H21N3. The molecule has 1 rings (SSSR count). The minimum absolute atomic E-state index is 0.771. The van der Waals surface area contributed by atoms with E-state index in [4.69, 9.17) is 5.73 Å². The molecule has 0 aliphatic heterocycles. The zero-order valence-corrected chi connectivity index (χ0v) is 10.9. The van der Waals surface area contributed by atoms with Crippen LogP contribution in [0.4, 0.5) is 5.69 Å². The van der Waals surface area contributed by atoms with Crippen molar-refractivity contribution in [3.63, 3.8) is 0 Å². The van der Waals surface area contributed by atoms with Crippen molar-refractivity contribution in [1.82, 2.24) is 0 Å². The zero-order chi connectivity index (χ0) is 12.7. The number of anilines is 1. The molecule has 0 aromatic heterocycles. The van der Waals surface area contributed by atoms with E-state index in [9.17, 15) is 0 Å². The molecule has 0 amide bonds. The molecule has 0 radical (unpaired) electrons. The summed E-state index contributed by atoms with van der Waals surface area (Å²) in [6.07, 6.45) is 4.93. The summed E-state index contributed by atoms with van der Waals surface area (Å²) in [6, 6.07) is 5.97. The number of hydrogen-bond acceptors (Lipinski definition) is 2. The van der Waals surface area contributed by atoms with Crippen LogP contribution >= 0.6 is 0 Å². The van der Waals surface area contributed by atoms with Gasteiger partial charge in [-0.05, 0) is 36.6 Å². The molecule has 0 aliphatic carbocycles. The van der Waals surface area contributed by atoms with Crippen molar-refractivity contribution in [2.24, 2.45) is 9.98 Å². The van der Waals surface area contributed by atoms with Crippen LogP contribution in [0.3, 0.4) is 0 Å². The van der Waals surface area contributed by atoms with E-state index < -0.39 is 0 Å². The van der Waals surface area contributed by atoms with E-state index in [0.717, 1.165) is 41.9 Å². The van der Waals surface area contributed by atoms with E-state index in [0.29, 0.717) is 0 Å². The Balaban J connectivity index is 2.97. The summed E-state index contributed by atoms with van der Waals surface area (Å²) in [4.78, 5) is 8.60. The number of nitrogens with zero attached hydrogens (tertiary/aromatic N) is 2. The van der Waals surface area contributed by atoms with Crippen LogP contribution in [0.2, 0.25) is 0 Å². The molecule has 17 heavy (non-hydrogen) atoms. The van der Waals surface area contributed by atoms with Crippen LogP contribution in [0.1, 0.15) is 37.8 Å². The maximum atomic E-state index is 5.88. The van der Waals surface area contributed by atoms with Crippen molar-refractivity contribution in [1.29, 1.82) is 0 Å². The van der Waals surface area contributed by atoms with E-state index in [-0.39, 0.29) is 0 Å². The van der Waals surface area contributed by atoms with E-state index in [1.165, 1.54) is 0 Å². The Kier molecular flexibility index (Phi) is 5.40. The van der Waals surface area contributed by atoms with Gasteiger partial charge in [0.25, 0.3) is 0 Å². The van der Waals surface area contributed by atoms with Crippen molar-refractivity contribution in [3.05, 3.63) is 29.3 Å². The van der Waals surface area contributed by atoms with Crippen molar-refractivity contribution < 1.29 is 0 Å². The Bertz CT molecular complexity index is 419. The molecule has 0 bridgehead atoms. The summed E-state index contributed by atoms with van der Waals surface area (Å²) in [5, 5.41) is 0. The lowest BCUT2D eigenvalue weighted by Gasteiger charge is -2.06. The molecule has 3 heteroatoms. The van der Waals surface area contributed by atoms with Crippen LogP contribution in [-0.4, -0.2) is 19.1 Å². The van der Waals surface area contributed by atoms with Crippen LogP contribution in [0.15, 0.2) is 28.2 Å². The lowest BCUT2D eigenvalue weighted by Crippen LogP contribution is -2.01. The van der Waals surface area contributed by atoms with Gasteiger partial charge in [0.1, 0.15) is 0 Å². The molecule has 2 N–H and O–H groups in total. The maximum Gasteiger partial charge on any atom is 0.153 e. The Morgan fingerprint density at radius 1 is 1.35 bits per heavy atom. The monoisotopic (exact) mass is 231 g/mol. The summed E-state index contributed by atoms with van der Waals surface area (Å²) >= 11 is 0. The third kappa shape index (κ3) is 3.70. The van der Waals surface area contributed by atoms with Gasteiger partial charge in [-0.3, -0.25) is 4.99 Å². The molecule has 0 unspecified atom stereocenters. The Morgan fingerprint density at radius 2 is 2.12 bits per heavy atom. The minimum atomic E-state index is 0.771. The third-order valence-electron chi connectivity index (χ3n) is 2.63. The molecule has 1 aromatic carbocycles. The summed E-state index contributed by atoms with van der Waals surface area (Å²) in [7, 11) is 1.76. The fraction of sp³-hybridized carbons (Fsp3) is 0.429. The SMILES string of the molecule is CCCC=NC(=NC)c1ccc(N)c(CC)c1. The van der Waals surface area contributed by atoms with Gasteiger partial charge in [0.2, 0.25) is 0 Å². The third-order valence-corrected chi connectivity index (χ3v) is 2.63. The second-order valence-electron chi connectivity index (χ2n) is 3.91. The normalized spacial score (nSPS) is 12.3. The number of benzene rings is 1. The summed E-state index contributed by atoms with van der Waals surface area (Å²) < 4.78 is 0. The Labute approximate surface area is 103 Å². The first kappa shape index (κ1) is 13.4. The van der Waals surface area contributed by atoms with Crippen LogP contribution in [0.25, 0.3) is 0 Å². The smallest absolute Gasteiger partial charge is 0.153 e. The lowest BCUT2D eigenvalue weighted by atomic mass is 10.1. The molecule has 0 aliphatic rings. The van der Waals surface area contributed by atoms with Gasteiger partial charge in [0.15, 0.2) is 5.84 Å². The number of rotatable bonds is 4. The molecule has 0 atom stereocenters. The predicted octanol–water partition coefficient (Wildman–Crippen LogP) is 3.08. The molecule has 92 valence electrons. The highest BCUT2D eigenvalue weighted by Gasteiger charge is 2.03. The molecule has 0 fully saturated rings. The number of amidine groups is 1. The van der Waals surface area contributed by atoms with Crippen molar-refractivity contribution in [2.45, 2.75) is 33.1 Å². The highest BCUT2D eigenvalue weighted by Crippen LogP contribution is 2.15. The van der Waals surface area contributed by atoms with Crippen LogP contribution in [0, 0.1) is 0 Å². The van der Waals surface area contributed by atoms with E-state index in [1.807, 2.05) is 18.3 Å². The first-order valence-corrected chi connectivity index (χ1v) is 6.11. The largest absolute Gasteiger partial charge is 0.399 e. The highest BCUT2D eigenvalue weighted by atomic mass is 14.9. The lowest BCUT2D eigenvalue weighted by molar-refractivity contribution is 1.01. The van der Waals surface area contributed by atoms with Gasteiger partial charge < -0.3 is 5.73 Å². The first-order chi connectivity index (χ1) is 8.22. The fourth-order valence-corrected chi connectivity index (χ4v) is 1.59. The molecule has 0 saturated carbocycles. The first-order valence-electron chi connectivity index (χ1n) is 6.11. The van der Waals surface area contributed by atoms with E-state index in [2.05, 4.69) is 29.9 Å². The number of unbranched alkanes of at least 4 members (excludes halogenated alkanes) is 1. The molecule has 3 nitrogen and oxygen atoms in total. The average molecular weight is 231 g/mol. The van der Waals surface area contributed by atoms with Gasteiger partial charge in [-0.2, -0.15) is 0 Å². The van der Waals surface area contributed by atoms with Crippen molar-refractivity contribution in [3.8, 4) is 0 Å². The second-order valence-corrected chi connectivity index (χ2v) is 3.91. The summed E-state index contributed by atoms with van der Waals surface area (Å²) in [5.74, 6) is 0.771. The van der Waals surface area contributed by atoms with Gasteiger partial charge in [0, 0.05) is 24.5 Å². The zero-order valence-electron chi connectivity index (χ0n) is 10.9. The average Bonchev–Trinajstić information content (AvgIpc) is 2.36. The Hall–Kier alpha value is -1.64. The summed E-state index contributed by atoms with van der Waals surface area (Å²) in [5.41, 5.74) is 8.90. The number of nitrogen functional groups attached to an aromatic ring is 1. The molecular weight excluding hydrogens is 210 g/mol. The molecule has 0 spiro atoms.